The molecular weight excluding hydrogens is 166 g/mol. The summed E-state index contributed by atoms with van der Waals surface area (Å²) in [6, 6.07) is 3.45. The van der Waals surface area contributed by atoms with Gasteiger partial charge in [0.15, 0.2) is 5.82 Å². The van der Waals surface area contributed by atoms with Gasteiger partial charge in [0.2, 0.25) is 0 Å². The van der Waals surface area contributed by atoms with Crippen LogP contribution in [-0.4, -0.2) is 14.8 Å². The summed E-state index contributed by atoms with van der Waals surface area (Å²) in [5, 5.41) is 4.00. The summed E-state index contributed by atoms with van der Waals surface area (Å²) in [5.74, 6) is 0.664. The monoisotopic (exact) mass is 175 g/mol. The molecule has 4 N–H and O–H groups in total. The second-order valence-electron chi connectivity index (χ2n) is 2.67. The number of hydrogen-bond donors (Lipinski definition) is 2. The summed E-state index contributed by atoms with van der Waals surface area (Å²) in [4.78, 5) is 4.09. The molecule has 5 heteroatoms. The van der Waals surface area contributed by atoms with Crippen molar-refractivity contribution >= 4 is 11.4 Å². The molecule has 0 amide bonds. The zero-order chi connectivity index (χ0) is 9.26. The molecule has 0 unspecified atom stereocenters. The number of anilines is 2. The molecule has 0 fully saturated rings. The third-order valence-corrected chi connectivity index (χ3v) is 1.61. The third-order valence-electron chi connectivity index (χ3n) is 1.61. The van der Waals surface area contributed by atoms with E-state index in [1.165, 1.54) is 0 Å². The van der Waals surface area contributed by atoms with Crippen molar-refractivity contribution in [1.82, 2.24) is 14.8 Å². The molecule has 13 heavy (non-hydrogen) atoms. The van der Waals surface area contributed by atoms with Gasteiger partial charge in [-0.1, -0.05) is 0 Å². The summed E-state index contributed by atoms with van der Waals surface area (Å²) in [5.41, 5.74) is 12.4. The predicted octanol–water partition coefficient (Wildman–Crippen LogP) is 0.432. The molecule has 0 spiro atoms. The molecule has 2 rings (SSSR count). The summed E-state index contributed by atoms with van der Waals surface area (Å²) in [6.07, 6.45) is 4.87. The van der Waals surface area contributed by atoms with Crippen molar-refractivity contribution < 1.29 is 0 Å². The number of nitrogens with two attached hydrogens (primary N) is 2. The van der Waals surface area contributed by atoms with Crippen LogP contribution >= 0.6 is 0 Å². The Balaban J connectivity index is 2.46. The van der Waals surface area contributed by atoms with Crippen LogP contribution in [0.15, 0.2) is 30.7 Å². The largest absolute Gasteiger partial charge is 0.399 e. The highest BCUT2D eigenvalue weighted by atomic mass is 15.3. The van der Waals surface area contributed by atoms with E-state index in [1.807, 2.05) is 0 Å². The van der Waals surface area contributed by atoms with E-state index >= 15 is 0 Å². The lowest BCUT2D eigenvalue weighted by molar-refractivity contribution is 0.848. The Morgan fingerprint density at radius 3 is 2.69 bits per heavy atom. The number of aromatic nitrogens is 3. The van der Waals surface area contributed by atoms with Crippen LogP contribution in [0.4, 0.5) is 11.4 Å². The van der Waals surface area contributed by atoms with E-state index in [-0.39, 0.29) is 0 Å². The molecule has 0 atom stereocenters. The average molecular weight is 175 g/mol. The molecule has 2 heterocycles. The van der Waals surface area contributed by atoms with Crippen LogP contribution in [0.2, 0.25) is 0 Å². The Labute approximate surface area is 75.0 Å². The highest BCUT2D eigenvalue weighted by molar-refractivity contribution is 5.43. The molecule has 0 aliphatic rings. The van der Waals surface area contributed by atoms with Crippen molar-refractivity contribution in [2.45, 2.75) is 0 Å². The van der Waals surface area contributed by atoms with Crippen molar-refractivity contribution in [2.24, 2.45) is 0 Å². The number of hydrogen-bond acceptors (Lipinski definition) is 4. The van der Waals surface area contributed by atoms with Crippen LogP contribution in [0.1, 0.15) is 0 Å². The smallest absolute Gasteiger partial charge is 0.155 e. The Morgan fingerprint density at radius 1 is 1.23 bits per heavy atom. The molecule has 0 saturated heterocycles. The van der Waals surface area contributed by atoms with Gasteiger partial charge in [-0.3, -0.25) is 0 Å². The first-order valence-electron chi connectivity index (χ1n) is 3.78. The molecule has 0 aliphatic carbocycles. The molecule has 66 valence electrons. The fourth-order valence-corrected chi connectivity index (χ4v) is 1.02. The minimum absolute atomic E-state index is 0.601. The molecule has 0 bridgehead atoms. The Bertz CT molecular complexity index is 420. The fourth-order valence-electron chi connectivity index (χ4n) is 1.02. The van der Waals surface area contributed by atoms with Crippen LogP contribution < -0.4 is 11.5 Å². The normalized spacial score (nSPS) is 10.2. The van der Waals surface area contributed by atoms with E-state index in [4.69, 9.17) is 11.5 Å². The SMILES string of the molecule is Nc1ccnc(-n2cc(N)cn2)c1. The van der Waals surface area contributed by atoms with Gasteiger partial charge in [0.1, 0.15) is 0 Å². The van der Waals surface area contributed by atoms with Gasteiger partial charge in [0.25, 0.3) is 0 Å². The van der Waals surface area contributed by atoms with Gasteiger partial charge in [-0.05, 0) is 6.07 Å². The van der Waals surface area contributed by atoms with Crippen molar-refractivity contribution in [3.63, 3.8) is 0 Å². The van der Waals surface area contributed by atoms with E-state index in [0.717, 1.165) is 0 Å². The third kappa shape index (κ3) is 1.44. The highest BCUT2D eigenvalue weighted by Crippen LogP contribution is 2.09. The molecule has 2 aromatic rings. The second-order valence-corrected chi connectivity index (χ2v) is 2.67. The second kappa shape index (κ2) is 2.78. The van der Waals surface area contributed by atoms with Crippen LogP contribution in [0.25, 0.3) is 5.82 Å². The first kappa shape index (κ1) is 7.60. The number of nitrogen functional groups attached to an aromatic ring is 2. The Kier molecular flexibility index (Phi) is 1.63. The van der Waals surface area contributed by atoms with Gasteiger partial charge in [-0.15, -0.1) is 0 Å². The summed E-state index contributed by atoms with van der Waals surface area (Å²) in [6.45, 7) is 0. The number of rotatable bonds is 1. The van der Waals surface area contributed by atoms with E-state index < -0.39 is 0 Å². The first-order valence-corrected chi connectivity index (χ1v) is 3.78. The van der Waals surface area contributed by atoms with Gasteiger partial charge < -0.3 is 11.5 Å². The average Bonchev–Trinajstić information content (AvgIpc) is 2.52. The lowest BCUT2D eigenvalue weighted by atomic mass is 10.4. The maximum Gasteiger partial charge on any atom is 0.155 e. The van der Waals surface area contributed by atoms with Gasteiger partial charge in [-0.25, -0.2) is 9.67 Å². The zero-order valence-corrected chi connectivity index (χ0v) is 6.88. The van der Waals surface area contributed by atoms with Crippen molar-refractivity contribution in [1.29, 1.82) is 0 Å². The van der Waals surface area contributed by atoms with Gasteiger partial charge >= 0.3 is 0 Å². The van der Waals surface area contributed by atoms with Crippen LogP contribution in [0.5, 0.6) is 0 Å². The van der Waals surface area contributed by atoms with E-state index in [2.05, 4.69) is 10.1 Å². The summed E-state index contributed by atoms with van der Waals surface area (Å²) >= 11 is 0. The fraction of sp³-hybridized carbons (Fsp3) is 0. The molecule has 5 nitrogen and oxygen atoms in total. The number of nitrogens with zero attached hydrogens (tertiary/aromatic N) is 3. The minimum Gasteiger partial charge on any atom is -0.399 e. The molecule has 0 aliphatic heterocycles. The first-order chi connectivity index (χ1) is 6.25. The predicted molar refractivity (Wildman–Crippen MR) is 50.2 cm³/mol. The van der Waals surface area contributed by atoms with Crippen molar-refractivity contribution in [3.05, 3.63) is 30.7 Å². The zero-order valence-electron chi connectivity index (χ0n) is 6.88. The molecule has 2 aromatic heterocycles. The standard InChI is InChI=1S/C8H9N5/c9-6-1-2-11-8(3-6)13-5-7(10)4-12-13/h1-5H,10H2,(H2,9,11). The highest BCUT2D eigenvalue weighted by Gasteiger charge is 1.99. The molecule has 0 radical (unpaired) electrons. The summed E-state index contributed by atoms with van der Waals surface area (Å²) in [7, 11) is 0. The number of pyridine rings is 1. The van der Waals surface area contributed by atoms with Crippen LogP contribution in [-0.2, 0) is 0 Å². The van der Waals surface area contributed by atoms with Crippen LogP contribution in [0.3, 0.4) is 0 Å². The van der Waals surface area contributed by atoms with Gasteiger partial charge in [0, 0.05) is 18.0 Å². The lowest BCUT2D eigenvalue weighted by Crippen LogP contribution is -1.98. The molecule has 0 saturated carbocycles. The van der Waals surface area contributed by atoms with E-state index in [0.29, 0.717) is 17.2 Å². The molecular formula is C8H9N5. The van der Waals surface area contributed by atoms with Gasteiger partial charge in [-0.2, -0.15) is 5.10 Å². The van der Waals surface area contributed by atoms with E-state index in [1.54, 1.807) is 35.4 Å². The quantitative estimate of drug-likeness (QED) is 0.658. The Morgan fingerprint density at radius 2 is 2.08 bits per heavy atom. The van der Waals surface area contributed by atoms with Gasteiger partial charge in [0.05, 0.1) is 18.1 Å². The lowest BCUT2D eigenvalue weighted by Gasteiger charge is -1.99. The van der Waals surface area contributed by atoms with Crippen molar-refractivity contribution in [2.75, 3.05) is 11.5 Å². The van der Waals surface area contributed by atoms with Crippen molar-refractivity contribution in [3.8, 4) is 5.82 Å². The maximum absolute atomic E-state index is 5.59. The summed E-state index contributed by atoms with van der Waals surface area (Å²) < 4.78 is 1.58. The minimum atomic E-state index is 0.601. The molecule has 0 aromatic carbocycles. The topological polar surface area (TPSA) is 82.8 Å². The maximum atomic E-state index is 5.59. The van der Waals surface area contributed by atoms with E-state index in [9.17, 15) is 0 Å². The van der Waals surface area contributed by atoms with Crippen LogP contribution in [0, 0.1) is 0 Å². The Hall–Kier alpha value is -2.04.